The standard InChI is InChI=1S/C14H9BrF3N3/c1-8-2-3-9(7-19)13(20-8)21-12-6-10(14(16,17)18)4-5-11(12)15/h2-6H,1H3,(H,20,21). The first-order valence-corrected chi connectivity index (χ1v) is 6.62. The van der Waals surface area contributed by atoms with Crippen molar-refractivity contribution >= 4 is 27.4 Å². The van der Waals surface area contributed by atoms with E-state index in [0.717, 1.165) is 12.1 Å². The highest BCUT2D eigenvalue weighted by atomic mass is 79.9. The molecule has 0 aliphatic heterocycles. The van der Waals surface area contributed by atoms with E-state index < -0.39 is 11.7 Å². The third kappa shape index (κ3) is 3.52. The van der Waals surface area contributed by atoms with Crippen molar-refractivity contribution in [2.24, 2.45) is 0 Å². The van der Waals surface area contributed by atoms with Gasteiger partial charge in [-0.25, -0.2) is 4.98 Å². The Morgan fingerprint density at radius 2 is 1.95 bits per heavy atom. The van der Waals surface area contributed by atoms with Gasteiger partial charge in [0.05, 0.1) is 16.8 Å². The minimum atomic E-state index is -4.44. The Balaban J connectivity index is 2.45. The highest BCUT2D eigenvalue weighted by molar-refractivity contribution is 9.10. The smallest absolute Gasteiger partial charge is 0.338 e. The summed E-state index contributed by atoms with van der Waals surface area (Å²) < 4.78 is 38.7. The monoisotopic (exact) mass is 355 g/mol. The lowest BCUT2D eigenvalue weighted by Crippen LogP contribution is -2.06. The van der Waals surface area contributed by atoms with Crippen LogP contribution >= 0.6 is 15.9 Å². The molecule has 0 saturated heterocycles. The second-order valence-corrected chi connectivity index (χ2v) is 5.13. The highest BCUT2D eigenvalue weighted by Gasteiger charge is 2.31. The van der Waals surface area contributed by atoms with Crippen LogP contribution in [0, 0.1) is 18.3 Å². The quantitative estimate of drug-likeness (QED) is 0.842. The van der Waals surface area contributed by atoms with Crippen LogP contribution in [0.3, 0.4) is 0 Å². The van der Waals surface area contributed by atoms with Crippen molar-refractivity contribution in [2.75, 3.05) is 5.32 Å². The highest BCUT2D eigenvalue weighted by Crippen LogP contribution is 2.35. The van der Waals surface area contributed by atoms with E-state index in [1.165, 1.54) is 6.07 Å². The lowest BCUT2D eigenvalue weighted by atomic mass is 10.2. The maximum Gasteiger partial charge on any atom is 0.416 e. The van der Waals surface area contributed by atoms with E-state index in [9.17, 15) is 13.2 Å². The van der Waals surface area contributed by atoms with Crippen LogP contribution in [0.4, 0.5) is 24.7 Å². The number of nitrogens with one attached hydrogen (secondary N) is 1. The number of hydrogen-bond donors (Lipinski definition) is 1. The molecule has 2 aromatic rings. The average Bonchev–Trinajstić information content (AvgIpc) is 2.40. The van der Waals surface area contributed by atoms with Crippen molar-refractivity contribution < 1.29 is 13.2 Å². The fourth-order valence-electron chi connectivity index (χ4n) is 1.67. The SMILES string of the molecule is Cc1ccc(C#N)c(Nc2cc(C(F)(F)F)ccc2Br)n1. The summed E-state index contributed by atoms with van der Waals surface area (Å²) in [5, 5.41) is 11.8. The second-order valence-electron chi connectivity index (χ2n) is 4.28. The second kappa shape index (κ2) is 5.74. The van der Waals surface area contributed by atoms with Crippen molar-refractivity contribution in [1.82, 2.24) is 4.98 Å². The van der Waals surface area contributed by atoms with Gasteiger partial charge < -0.3 is 5.32 Å². The maximum atomic E-state index is 12.7. The summed E-state index contributed by atoms with van der Waals surface area (Å²) in [7, 11) is 0. The molecule has 21 heavy (non-hydrogen) atoms. The number of aromatic nitrogens is 1. The first-order valence-electron chi connectivity index (χ1n) is 5.83. The van der Waals surface area contributed by atoms with Crippen LogP contribution in [0.25, 0.3) is 0 Å². The molecule has 1 aromatic carbocycles. The predicted molar refractivity (Wildman–Crippen MR) is 76.1 cm³/mol. The van der Waals surface area contributed by atoms with Crippen molar-refractivity contribution in [2.45, 2.75) is 13.1 Å². The molecule has 0 saturated carbocycles. The number of halogens is 4. The number of pyridine rings is 1. The van der Waals surface area contributed by atoms with Gasteiger partial charge in [-0.05, 0) is 53.2 Å². The fraction of sp³-hybridized carbons (Fsp3) is 0.143. The van der Waals surface area contributed by atoms with E-state index >= 15 is 0 Å². The van der Waals surface area contributed by atoms with E-state index in [-0.39, 0.29) is 17.1 Å². The summed E-state index contributed by atoms with van der Waals surface area (Å²) in [6.45, 7) is 1.73. The largest absolute Gasteiger partial charge is 0.416 e. The number of aryl methyl sites for hydroxylation is 1. The minimum absolute atomic E-state index is 0.194. The molecule has 0 atom stereocenters. The third-order valence-electron chi connectivity index (χ3n) is 2.70. The molecule has 0 radical (unpaired) electrons. The first-order chi connectivity index (χ1) is 9.81. The first kappa shape index (κ1) is 15.3. The summed E-state index contributed by atoms with van der Waals surface area (Å²) in [4.78, 5) is 4.14. The maximum absolute atomic E-state index is 12.7. The van der Waals surface area contributed by atoms with E-state index in [0.29, 0.717) is 10.2 Å². The lowest BCUT2D eigenvalue weighted by molar-refractivity contribution is -0.137. The molecule has 7 heteroatoms. The topological polar surface area (TPSA) is 48.7 Å². The number of hydrogen-bond acceptors (Lipinski definition) is 3. The molecule has 0 fully saturated rings. The van der Waals surface area contributed by atoms with Gasteiger partial charge in [0.1, 0.15) is 11.9 Å². The van der Waals surface area contributed by atoms with Crippen LogP contribution in [0.15, 0.2) is 34.8 Å². The molecule has 3 nitrogen and oxygen atoms in total. The molecule has 2 rings (SSSR count). The summed E-state index contributed by atoms with van der Waals surface area (Å²) in [6, 6.07) is 8.41. The van der Waals surface area contributed by atoms with Crippen LogP contribution in [0.5, 0.6) is 0 Å². The normalized spacial score (nSPS) is 11.0. The van der Waals surface area contributed by atoms with Crippen LogP contribution in [0.1, 0.15) is 16.8 Å². The van der Waals surface area contributed by atoms with Crippen LogP contribution < -0.4 is 5.32 Å². The summed E-state index contributed by atoms with van der Waals surface area (Å²) in [5.74, 6) is 0.220. The lowest BCUT2D eigenvalue weighted by Gasteiger charge is -2.13. The Hall–Kier alpha value is -2.07. The molecule has 0 amide bonds. The molecule has 0 bridgehead atoms. The summed E-state index contributed by atoms with van der Waals surface area (Å²) in [6.07, 6.45) is -4.44. The predicted octanol–water partition coefficient (Wildman–Crippen LogP) is 4.79. The Morgan fingerprint density at radius 3 is 2.57 bits per heavy atom. The fourth-order valence-corrected chi connectivity index (χ4v) is 2.01. The van der Waals surface area contributed by atoms with Crippen molar-refractivity contribution in [3.63, 3.8) is 0 Å². The molecular weight excluding hydrogens is 347 g/mol. The summed E-state index contributed by atoms with van der Waals surface area (Å²) >= 11 is 3.18. The third-order valence-corrected chi connectivity index (χ3v) is 3.39. The van der Waals surface area contributed by atoms with Gasteiger partial charge in [-0.2, -0.15) is 18.4 Å². The van der Waals surface area contributed by atoms with E-state index in [1.807, 2.05) is 6.07 Å². The zero-order chi connectivity index (χ0) is 15.6. The van der Waals surface area contributed by atoms with E-state index in [1.54, 1.807) is 19.1 Å². The van der Waals surface area contributed by atoms with Crippen LogP contribution in [0.2, 0.25) is 0 Å². The molecule has 1 aromatic heterocycles. The number of benzene rings is 1. The number of anilines is 2. The van der Waals surface area contributed by atoms with Crippen LogP contribution in [-0.4, -0.2) is 4.98 Å². The number of alkyl halides is 3. The molecule has 0 spiro atoms. The van der Waals surface area contributed by atoms with E-state index in [4.69, 9.17) is 5.26 Å². The molecule has 1 N–H and O–H groups in total. The minimum Gasteiger partial charge on any atom is -0.338 e. The van der Waals surface area contributed by atoms with Gasteiger partial charge in [-0.3, -0.25) is 0 Å². The van der Waals surface area contributed by atoms with Crippen LogP contribution in [-0.2, 0) is 6.18 Å². The van der Waals surface area contributed by atoms with Gasteiger partial charge in [0, 0.05) is 10.2 Å². The zero-order valence-electron chi connectivity index (χ0n) is 10.8. The Morgan fingerprint density at radius 1 is 1.24 bits per heavy atom. The van der Waals surface area contributed by atoms with Gasteiger partial charge >= 0.3 is 6.18 Å². The van der Waals surface area contributed by atoms with Gasteiger partial charge in [-0.15, -0.1) is 0 Å². The molecule has 0 aliphatic rings. The van der Waals surface area contributed by atoms with Gasteiger partial charge in [0.25, 0.3) is 0 Å². The Bertz CT molecular complexity index is 720. The zero-order valence-corrected chi connectivity index (χ0v) is 12.4. The van der Waals surface area contributed by atoms with Crippen molar-refractivity contribution in [3.05, 3.63) is 51.6 Å². The number of nitriles is 1. The molecule has 0 unspecified atom stereocenters. The van der Waals surface area contributed by atoms with Crippen molar-refractivity contribution in [1.29, 1.82) is 5.26 Å². The Kier molecular flexibility index (Phi) is 4.19. The van der Waals surface area contributed by atoms with Gasteiger partial charge in [0.15, 0.2) is 0 Å². The van der Waals surface area contributed by atoms with Gasteiger partial charge in [-0.1, -0.05) is 0 Å². The molecule has 1 heterocycles. The van der Waals surface area contributed by atoms with Gasteiger partial charge in [0.2, 0.25) is 0 Å². The van der Waals surface area contributed by atoms with E-state index in [2.05, 4.69) is 26.2 Å². The number of rotatable bonds is 2. The molecular formula is C14H9BrF3N3. The van der Waals surface area contributed by atoms with Crippen molar-refractivity contribution in [3.8, 4) is 6.07 Å². The number of nitrogens with zero attached hydrogens (tertiary/aromatic N) is 2. The summed E-state index contributed by atoms with van der Waals surface area (Å²) in [5.41, 5.74) is 0.322. The molecule has 0 aliphatic carbocycles. The average molecular weight is 356 g/mol. The molecule has 108 valence electrons. The Labute approximate surface area is 127 Å².